The summed E-state index contributed by atoms with van der Waals surface area (Å²) in [5.74, 6) is 1.35. The first kappa shape index (κ1) is 19.2. The average molecular weight is 362 g/mol. The molecule has 2 rings (SSSR count). The first-order chi connectivity index (χ1) is 12.5. The first-order valence-corrected chi connectivity index (χ1v) is 8.07. The van der Waals surface area contributed by atoms with Crippen LogP contribution in [-0.2, 0) is 6.42 Å². The van der Waals surface area contributed by atoms with Crippen LogP contribution in [0.15, 0.2) is 24.5 Å². The van der Waals surface area contributed by atoms with E-state index >= 15 is 0 Å². The van der Waals surface area contributed by atoms with Gasteiger partial charge < -0.3 is 19.5 Å². The molecule has 2 aromatic rings. The van der Waals surface area contributed by atoms with E-state index in [9.17, 15) is 10.1 Å². The second kappa shape index (κ2) is 8.84. The molecule has 1 heterocycles. The van der Waals surface area contributed by atoms with Crippen molar-refractivity contribution < 1.29 is 19.1 Å². The molecule has 140 valence electrons. The van der Waals surface area contributed by atoms with Crippen LogP contribution in [0.1, 0.15) is 19.4 Å². The Hall–Kier alpha value is -3.10. The number of benzene rings is 1. The number of anilines is 1. The Morgan fingerprint density at radius 3 is 2.54 bits per heavy atom. The summed E-state index contributed by atoms with van der Waals surface area (Å²) in [6.45, 7) is 3.99. The Balaban J connectivity index is 2.11. The minimum absolute atomic E-state index is 0.0476. The molecule has 0 bridgehead atoms. The van der Waals surface area contributed by atoms with Crippen molar-refractivity contribution in [3.63, 3.8) is 0 Å². The summed E-state index contributed by atoms with van der Waals surface area (Å²) in [6, 6.07) is 5.59. The van der Waals surface area contributed by atoms with Gasteiger partial charge in [-0.1, -0.05) is 6.07 Å². The van der Waals surface area contributed by atoms with Crippen molar-refractivity contribution in [3.05, 3.63) is 40.2 Å². The fourth-order valence-corrected chi connectivity index (χ4v) is 2.33. The van der Waals surface area contributed by atoms with Gasteiger partial charge in [0.25, 0.3) is 5.88 Å². The lowest BCUT2D eigenvalue weighted by Gasteiger charge is -2.12. The van der Waals surface area contributed by atoms with Crippen LogP contribution in [0.4, 0.5) is 11.5 Å². The maximum Gasteiger partial charge on any atom is 0.372 e. The molecule has 0 radical (unpaired) electrons. The summed E-state index contributed by atoms with van der Waals surface area (Å²) in [6.07, 6.45) is 1.62. The molecule has 0 unspecified atom stereocenters. The van der Waals surface area contributed by atoms with Gasteiger partial charge in [0.05, 0.1) is 25.2 Å². The number of nitro groups is 1. The van der Waals surface area contributed by atoms with Gasteiger partial charge in [-0.25, -0.2) is 4.98 Å². The van der Waals surface area contributed by atoms with Crippen molar-refractivity contribution in [2.45, 2.75) is 26.4 Å². The molecule has 0 amide bonds. The van der Waals surface area contributed by atoms with E-state index in [1.807, 2.05) is 18.2 Å². The Morgan fingerprint density at radius 2 is 1.92 bits per heavy atom. The van der Waals surface area contributed by atoms with Gasteiger partial charge in [0, 0.05) is 6.54 Å². The van der Waals surface area contributed by atoms with Crippen LogP contribution in [0.25, 0.3) is 0 Å². The lowest BCUT2D eigenvalue weighted by molar-refractivity contribution is -0.385. The van der Waals surface area contributed by atoms with Crippen LogP contribution in [0, 0.1) is 10.1 Å². The maximum atomic E-state index is 11.4. The number of ether oxygens (including phenoxy) is 3. The minimum atomic E-state index is -0.545. The molecule has 0 atom stereocenters. The summed E-state index contributed by atoms with van der Waals surface area (Å²) in [4.78, 5) is 18.7. The Kier molecular flexibility index (Phi) is 6.54. The highest BCUT2D eigenvalue weighted by molar-refractivity contribution is 5.61. The van der Waals surface area contributed by atoms with Crippen molar-refractivity contribution in [2.75, 3.05) is 26.1 Å². The average Bonchev–Trinajstić information content (AvgIpc) is 2.60. The van der Waals surface area contributed by atoms with Crippen molar-refractivity contribution >= 4 is 11.5 Å². The number of rotatable bonds is 9. The van der Waals surface area contributed by atoms with E-state index in [1.165, 1.54) is 6.33 Å². The SMILES string of the molecule is COc1ccc(CCNc2ncnc(OC(C)C)c2[N+](=O)[O-])cc1OC. The fourth-order valence-electron chi connectivity index (χ4n) is 2.33. The Labute approximate surface area is 151 Å². The van der Waals surface area contributed by atoms with Crippen LogP contribution >= 0.6 is 0 Å². The second-order valence-electron chi connectivity index (χ2n) is 5.67. The normalized spacial score (nSPS) is 10.5. The predicted octanol–water partition coefficient (Wildman–Crippen LogP) is 2.84. The number of aromatic nitrogens is 2. The molecule has 26 heavy (non-hydrogen) atoms. The molecule has 0 aliphatic rings. The highest BCUT2D eigenvalue weighted by Crippen LogP contribution is 2.31. The van der Waals surface area contributed by atoms with Crippen LogP contribution in [0.5, 0.6) is 17.4 Å². The Bertz CT molecular complexity index is 767. The summed E-state index contributed by atoms with van der Waals surface area (Å²) in [7, 11) is 3.14. The summed E-state index contributed by atoms with van der Waals surface area (Å²) >= 11 is 0. The van der Waals surface area contributed by atoms with E-state index in [2.05, 4.69) is 15.3 Å². The maximum absolute atomic E-state index is 11.4. The third kappa shape index (κ3) is 4.71. The number of hydrogen-bond acceptors (Lipinski definition) is 8. The van der Waals surface area contributed by atoms with Crippen molar-refractivity contribution in [3.8, 4) is 17.4 Å². The van der Waals surface area contributed by atoms with Gasteiger partial charge in [0.2, 0.25) is 5.82 Å². The van der Waals surface area contributed by atoms with Gasteiger partial charge in [-0.15, -0.1) is 0 Å². The highest BCUT2D eigenvalue weighted by atomic mass is 16.6. The minimum Gasteiger partial charge on any atom is -0.493 e. The van der Waals surface area contributed by atoms with Crippen LogP contribution in [-0.4, -0.2) is 41.8 Å². The van der Waals surface area contributed by atoms with E-state index in [4.69, 9.17) is 14.2 Å². The largest absolute Gasteiger partial charge is 0.493 e. The Morgan fingerprint density at radius 1 is 1.19 bits per heavy atom. The quantitative estimate of drug-likeness (QED) is 0.536. The molecule has 0 aliphatic heterocycles. The fraction of sp³-hybridized carbons (Fsp3) is 0.412. The van der Waals surface area contributed by atoms with Crippen molar-refractivity contribution in [1.29, 1.82) is 0 Å². The van der Waals surface area contributed by atoms with Gasteiger partial charge in [0.1, 0.15) is 6.33 Å². The molecule has 9 nitrogen and oxygen atoms in total. The number of nitrogens with zero attached hydrogens (tertiary/aromatic N) is 3. The molecule has 0 fully saturated rings. The lowest BCUT2D eigenvalue weighted by atomic mass is 10.1. The molecular weight excluding hydrogens is 340 g/mol. The van der Waals surface area contributed by atoms with Crippen LogP contribution in [0.3, 0.4) is 0 Å². The zero-order chi connectivity index (χ0) is 19.1. The number of hydrogen-bond donors (Lipinski definition) is 1. The molecule has 0 saturated carbocycles. The highest BCUT2D eigenvalue weighted by Gasteiger charge is 2.24. The summed E-state index contributed by atoms with van der Waals surface area (Å²) in [5.41, 5.74) is 0.721. The van der Waals surface area contributed by atoms with E-state index in [1.54, 1.807) is 28.1 Å². The molecular formula is C17H22N4O5. The van der Waals surface area contributed by atoms with Gasteiger partial charge in [0.15, 0.2) is 11.5 Å². The van der Waals surface area contributed by atoms with Crippen molar-refractivity contribution in [1.82, 2.24) is 9.97 Å². The predicted molar refractivity (Wildman–Crippen MR) is 96.2 cm³/mol. The molecule has 1 aromatic heterocycles. The lowest BCUT2D eigenvalue weighted by Crippen LogP contribution is -2.13. The molecule has 1 aromatic carbocycles. The summed E-state index contributed by atoms with van der Waals surface area (Å²) in [5, 5.41) is 14.4. The smallest absolute Gasteiger partial charge is 0.372 e. The zero-order valence-corrected chi connectivity index (χ0v) is 15.2. The third-order valence-electron chi connectivity index (χ3n) is 3.47. The van der Waals surface area contributed by atoms with Gasteiger partial charge in [-0.05, 0) is 38.0 Å². The molecule has 0 aliphatic carbocycles. The van der Waals surface area contributed by atoms with Crippen LogP contribution in [0.2, 0.25) is 0 Å². The second-order valence-corrected chi connectivity index (χ2v) is 5.67. The van der Waals surface area contributed by atoms with Crippen molar-refractivity contribution in [2.24, 2.45) is 0 Å². The number of methoxy groups -OCH3 is 2. The number of nitrogens with one attached hydrogen (secondary N) is 1. The summed E-state index contributed by atoms with van der Waals surface area (Å²) < 4.78 is 15.9. The topological polar surface area (TPSA) is 109 Å². The molecule has 0 saturated heterocycles. The van der Waals surface area contributed by atoms with Gasteiger partial charge >= 0.3 is 5.69 Å². The standard InChI is InChI=1S/C17H22N4O5/c1-11(2)26-17-15(21(22)23)16(19-10-20-17)18-8-7-12-5-6-13(24-3)14(9-12)25-4/h5-6,9-11H,7-8H2,1-4H3,(H,18,19,20). The third-order valence-corrected chi connectivity index (χ3v) is 3.47. The first-order valence-electron chi connectivity index (χ1n) is 8.07. The van der Waals surface area contributed by atoms with E-state index in [0.29, 0.717) is 24.5 Å². The molecule has 0 spiro atoms. The molecule has 1 N–H and O–H groups in total. The van der Waals surface area contributed by atoms with Crippen LogP contribution < -0.4 is 19.5 Å². The monoisotopic (exact) mass is 362 g/mol. The van der Waals surface area contributed by atoms with E-state index in [0.717, 1.165) is 5.56 Å². The van der Waals surface area contributed by atoms with E-state index < -0.39 is 4.92 Å². The molecule has 9 heteroatoms. The zero-order valence-electron chi connectivity index (χ0n) is 15.2. The van der Waals surface area contributed by atoms with E-state index in [-0.39, 0.29) is 23.5 Å². The van der Waals surface area contributed by atoms with Gasteiger partial charge in [-0.3, -0.25) is 10.1 Å². The van der Waals surface area contributed by atoms with Gasteiger partial charge in [-0.2, -0.15) is 4.98 Å².